The van der Waals surface area contributed by atoms with E-state index in [-0.39, 0.29) is 5.97 Å². The molecular weight excluding hydrogens is 496 g/mol. The minimum absolute atomic E-state index is 0.329. The van der Waals surface area contributed by atoms with Crippen LogP contribution in [0.2, 0.25) is 0 Å². The third kappa shape index (κ3) is 5.47. The number of hydrogen-bond acceptors (Lipinski definition) is 8. The van der Waals surface area contributed by atoms with Gasteiger partial charge in [0.25, 0.3) is 0 Å². The first kappa shape index (κ1) is 26.0. The first-order valence-electron chi connectivity index (χ1n) is 12.8. The van der Waals surface area contributed by atoms with Gasteiger partial charge in [0, 0.05) is 37.1 Å². The Morgan fingerprint density at radius 3 is 2.58 bits per heavy atom. The number of aliphatic hydroxyl groups is 1. The molecule has 0 amide bonds. The number of benzene rings is 2. The molecule has 0 bridgehead atoms. The molecule has 1 saturated carbocycles. The van der Waals surface area contributed by atoms with Crippen LogP contribution in [-0.2, 0) is 15.1 Å². The number of aromatic nitrogens is 3. The number of para-hydroxylation sites is 1. The molecule has 0 saturated heterocycles. The van der Waals surface area contributed by atoms with E-state index in [2.05, 4.69) is 35.1 Å². The van der Waals surface area contributed by atoms with Gasteiger partial charge in [-0.3, -0.25) is 9.69 Å². The lowest BCUT2D eigenvalue weighted by Gasteiger charge is -2.41. The molecule has 38 heavy (non-hydrogen) atoms. The summed E-state index contributed by atoms with van der Waals surface area (Å²) in [7, 11) is 0. The zero-order valence-corrected chi connectivity index (χ0v) is 23.0. The molecule has 0 aliphatic heterocycles. The lowest BCUT2D eigenvalue weighted by Crippen LogP contribution is -2.44. The monoisotopic (exact) mass is 528 g/mol. The average molecular weight is 529 g/mol. The number of ether oxygens (including phenoxy) is 1. The van der Waals surface area contributed by atoms with Crippen molar-refractivity contribution in [2.45, 2.75) is 64.6 Å². The van der Waals surface area contributed by atoms with Crippen LogP contribution in [-0.4, -0.2) is 31.6 Å². The van der Waals surface area contributed by atoms with E-state index in [9.17, 15) is 9.90 Å². The van der Waals surface area contributed by atoms with Crippen LogP contribution in [0.1, 0.15) is 55.8 Å². The molecule has 2 atom stereocenters. The number of carbonyl (C=O) groups is 1. The summed E-state index contributed by atoms with van der Waals surface area (Å²) in [5.41, 5.74) is 3.03. The van der Waals surface area contributed by atoms with Gasteiger partial charge in [0.15, 0.2) is 0 Å². The second kappa shape index (κ2) is 10.3. The second-order valence-corrected chi connectivity index (χ2v) is 11.4. The second-order valence-electron chi connectivity index (χ2n) is 10.4. The molecule has 1 fully saturated rings. The maximum absolute atomic E-state index is 11.7. The van der Waals surface area contributed by atoms with Crippen LogP contribution in [0.15, 0.2) is 67.0 Å². The molecule has 2 aromatic carbocycles. The van der Waals surface area contributed by atoms with E-state index in [0.29, 0.717) is 23.8 Å². The van der Waals surface area contributed by atoms with Gasteiger partial charge in [-0.2, -0.15) is 0 Å². The average Bonchev–Trinajstić information content (AvgIpc) is 3.35. The van der Waals surface area contributed by atoms with Crippen molar-refractivity contribution in [3.05, 3.63) is 83.3 Å². The first-order chi connectivity index (χ1) is 18.1. The van der Waals surface area contributed by atoms with E-state index >= 15 is 0 Å². The van der Waals surface area contributed by atoms with Crippen LogP contribution < -0.4 is 4.90 Å². The van der Waals surface area contributed by atoms with Gasteiger partial charge in [0.2, 0.25) is 5.95 Å². The van der Waals surface area contributed by atoms with E-state index < -0.39 is 11.2 Å². The Morgan fingerprint density at radius 2 is 1.84 bits per heavy atom. The highest BCUT2D eigenvalue weighted by Gasteiger charge is 2.46. The Hall–Kier alpha value is -3.62. The van der Waals surface area contributed by atoms with E-state index in [1.807, 2.05) is 61.3 Å². The molecule has 4 aromatic rings. The van der Waals surface area contributed by atoms with Crippen LogP contribution in [0.25, 0.3) is 10.4 Å². The fourth-order valence-electron chi connectivity index (χ4n) is 5.32. The number of carbonyl (C=O) groups excluding carboxylic acids is 1. The highest BCUT2D eigenvalue weighted by molar-refractivity contribution is 7.15. The number of rotatable bonds is 6. The Bertz CT molecular complexity index is 1460. The summed E-state index contributed by atoms with van der Waals surface area (Å²) in [6.07, 6.45) is 6.00. The summed E-state index contributed by atoms with van der Waals surface area (Å²) in [6.45, 7) is 7.33. The Morgan fingerprint density at radius 1 is 1.05 bits per heavy atom. The smallest absolute Gasteiger partial charge is 0.303 e. The van der Waals surface area contributed by atoms with Crippen LogP contribution in [0.3, 0.4) is 0 Å². The summed E-state index contributed by atoms with van der Waals surface area (Å²) in [4.78, 5) is 28.6. The minimum atomic E-state index is -1.14. The number of hydrogen-bond donors (Lipinski definition) is 1. The Balaban J connectivity index is 1.52. The van der Waals surface area contributed by atoms with Gasteiger partial charge in [-0.15, -0.1) is 11.3 Å². The van der Waals surface area contributed by atoms with Crippen molar-refractivity contribution >= 4 is 34.6 Å². The van der Waals surface area contributed by atoms with Gasteiger partial charge in [-0.25, -0.2) is 15.0 Å². The van der Waals surface area contributed by atoms with Crippen LogP contribution in [0.5, 0.6) is 0 Å². The lowest BCUT2D eigenvalue weighted by atomic mass is 9.76. The predicted molar refractivity (Wildman–Crippen MR) is 150 cm³/mol. The van der Waals surface area contributed by atoms with Gasteiger partial charge in [0.05, 0.1) is 10.6 Å². The standard InChI is InChI=1S/C30H32N4O3S/c1-20-15-23(26-18-32-27(38-26)30(36)13-8-12-29(4,19-30)37-22(3)35)17-25(16-20)34(24-9-6-5-7-10-24)28-31-14-11-21(2)33-28/h5-7,9-11,14-18,36H,8,12-13,19H2,1-4H3. The van der Waals surface area contributed by atoms with Crippen molar-refractivity contribution in [2.24, 2.45) is 0 Å². The molecular formula is C30H32N4O3S. The van der Waals surface area contributed by atoms with Gasteiger partial charge in [-0.05, 0) is 81.5 Å². The zero-order valence-electron chi connectivity index (χ0n) is 22.1. The zero-order chi connectivity index (χ0) is 26.9. The van der Waals surface area contributed by atoms with Crippen LogP contribution >= 0.6 is 11.3 Å². The van der Waals surface area contributed by atoms with Crippen molar-refractivity contribution < 1.29 is 14.6 Å². The third-order valence-corrected chi connectivity index (χ3v) is 8.10. The van der Waals surface area contributed by atoms with Crippen molar-refractivity contribution in [3.63, 3.8) is 0 Å². The first-order valence-corrected chi connectivity index (χ1v) is 13.6. The molecule has 196 valence electrons. The quantitative estimate of drug-likeness (QED) is 0.276. The third-order valence-electron chi connectivity index (χ3n) is 6.86. The maximum Gasteiger partial charge on any atom is 0.303 e. The normalized spacial score (nSPS) is 21.2. The summed E-state index contributed by atoms with van der Waals surface area (Å²) in [5, 5.41) is 12.3. The summed E-state index contributed by atoms with van der Waals surface area (Å²) in [6, 6.07) is 18.3. The van der Waals surface area contributed by atoms with Gasteiger partial charge in [0.1, 0.15) is 16.2 Å². The Labute approximate surface area is 227 Å². The molecule has 7 nitrogen and oxygen atoms in total. The molecule has 5 rings (SSSR count). The Kier molecular flexibility index (Phi) is 7.03. The molecule has 2 aromatic heterocycles. The van der Waals surface area contributed by atoms with Crippen molar-refractivity contribution in [1.82, 2.24) is 15.0 Å². The highest BCUT2D eigenvalue weighted by atomic mass is 32.1. The number of aryl methyl sites for hydroxylation is 2. The summed E-state index contributed by atoms with van der Waals surface area (Å²) < 4.78 is 5.60. The predicted octanol–water partition coefficient (Wildman–Crippen LogP) is 6.77. The minimum Gasteiger partial charge on any atom is -0.459 e. The molecule has 1 aliphatic rings. The summed E-state index contributed by atoms with van der Waals surface area (Å²) >= 11 is 1.48. The SMILES string of the molecule is CC(=O)OC1(C)CCCC(O)(c2ncc(-c3cc(C)cc(N(c4ccccc4)c4nccc(C)n4)c3)s2)C1. The van der Waals surface area contributed by atoms with Gasteiger partial charge < -0.3 is 9.84 Å². The number of anilines is 3. The topological polar surface area (TPSA) is 88.4 Å². The number of esters is 1. The van der Waals surface area contributed by atoms with Crippen LogP contribution in [0.4, 0.5) is 17.3 Å². The van der Waals surface area contributed by atoms with E-state index in [1.165, 1.54) is 18.3 Å². The fourth-order valence-corrected chi connectivity index (χ4v) is 6.34. The molecule has 1 N–H and O–H groups in total. The van der Waals surface area contributed by atoms with E-state index in [4.69, 9.17) is 9.72 Å². The van der Waals surface area contributed by atoms with E-state index in [0.717, 1.165) is 45.9 Å². The van der Waals surface area contributed by atoms with Crippen molar-refractivity contribution in [1.29, 1.82) is 0 Å². The van der Waals surface area contributed by atoms with Crippen LogP contribution in [0, 0.1) is 13.8 Å². The van der Waals surface area contributed by atoms with Crippen molar-refractivity contribution in [2.75, 3.05) is 4.90 Å². The van der Waals surface area contributed by atoms with Crippen molar-refractivity contribution in [3.8, 4) is 10.4 Å². The molecule has 0 radical (unpaired) electrons. The number of nitrogens with zero attached hydrogens (tertiary/aromatic N) is 4. The molecule has 8 heteroatoms. The highest BCUT2D eigenvalue weighted by Crippen LogP contribution is 2.46. The molecule has 2 heterocycles. The molecule has 0 spiro atoms. The van der Waals surface area contributed by atoms with E-state index in [1.54, 1.807) is 6.20 Å². The fraction of sp³-hybridized carbons (Fsp3) is 0.333. The lowest BCUT2D eigenvalue weighted by molar-refractivity contribution is -0.169. The largest absolute Gasteiger partial charge is 0.459 e. The molecule has 2 unspecified atom stereocenters. The number of thiazole rings is 1. The molecule has 1 aliphatic carbocycles. The van der Waals surface area contributed by atoms with Gasteiger partial charge >= 0.3 is 5.97 Å². The van der Waals surface area contributed by atoms with Gasteiger partial charge in [-0.1, -0.05) is 24.3 Å². The summed E-state index contributed by atoms with van der Waals surface area (Å²) in [5.74, 6) is 0.267. The maximum atomic E-state index is 11.7.